The summed E-state index contributed by atoms with van der Waals surface area (Å²) < 4.78 is 16.7. The van der Waals surface area contributed by atoms with E-state index in [-0.39, 0.29) is 24.8 Å². The third-order valence-corrected chi connectivity index (χ3v) is 6.34. The Hall–Kier alpha value is -1.75. The van der Waals surface area contributed by atoms with E-state index in [9.17, 15) is 4.79 Å². The van der Waals surface area contributed by atoms with Crippen molar-refractivity contribution in [2.75, 3.05) is 13.4 Å². The van der Waals surface area contributed by atoms with E-state index in [0.717, 1.165) is 36.3 Å². The number of hydrogen-bond donors (Lipinski definition) is 0. The van der Waals surface area contributed by atoms with Gasteiger partial charge in [0.15, 0.2) is 11.5 Å². The maximum absolute atomic E-state index is 13.3. The van der Waals surface area contributed by atoms with Crippen LogP contribution in [0.15, 0.2) is 18.2 Å². The summed E-state index contributed by atoms with van der Waals surface area (Å²) in [5, 5.41) is 0. The summed E-state index contributed by atoms with van der Waals surface area (Å²) in [7, 11) is 0. The van der Waals surface area contributed by atoms with Gasteiger partial charge < -0.3 is 19.1 Å². The standard InChI is InChI=1S/C21H29NO4/c1-14-5-3-6-17(15(14)2)22(21(23)19-7-4-10-24-19)12-16-8-9-18-20(11-16)26-13-25-18/h8-9,11,14-15,17,19H,3-7,10,12-13H2,1-2H3. The molecule has 142 valence electrons. The number of carbonyl (C=O) groups excluding carboxylic acids is 1. The molecule has 1 aromatic carbocycles. The average Bonchev–Trinajstić information content (AvgIpc) is 3.33. The number of carbonyl (C=O) groups is 1. The molecule has 0 bridgehead atoms. The molecule has 1 saturated heterocycles. The molecule has 4 unspecified atom stereocenters. The van der Waals surface area contributed by atoms with Crippen molar-refractivity contribution < 1.29 is 19.0 Å². The second-order valence-electron chi connectivity index (χ2n) is 7.99. The zero-order chi connectivity index (χ0) is 18.1. The molecule has 0 spiro atoms. The van der Waals surface area contributed by atoms with E-state index in [1.165, 1.54) is 12.8 Å². The highest BCUT2D eigenvalue weighted by Crippen LogP contribution is 2.36. The van der Waals surface area contributed by atoms with E-state index < -0.39 is 0 Å². The molecule has 1 aromatic rings. The Morgan fingerprint density at radius 3 is 2.77 bits per heavy atom. The fourth-order valence-corrected chi connectivity index (χ4v) is 4.55. The van der Waals surface area contributed by atoms with E-state index in [4.69, 9.17) is 14.2 Å². The number of benzene rings is 1. The van der Waals surface area contributed by atoms with Crippen molar-refractivity contribution in [1.82, 2.24) is 4.90 Å². The average molecular weight is 359 g/mol. The molecular weight excluding hydrogens is 330 g/mol. The quantitative estimate of drug-likeness (QED) is 0.821. The number of nitrogens with zero attached hydrogens (tertiary/aromatic N) is 1. The van der Waals surface area contributed by atoms with E-state index in [1.807, 2.05) is 18.2 Å². The molecule has 1 aliphatic carbocycles. The van der Waals surface area contributed by atoms with E-state index in [1.54, 1.807) is 0 Å². The van der Waals surface area contributed by atoms with Crippen LogP contribution in [0.25, 0.3) is 0 Å². The van der Waals surface area contributed by atoms with Gasteiger partial charge in [-0.15, -0.1) is 0 Å². The van der Waals surface area contributed by atoms with Crippen LogP contribution in [-0.4, -0.2) is 36.4 Å². The first-order valence-corrected chi connectivity index (χ1v) is 9.94. The molecule has 1 saturated carbocycles. The molecule has 4 atom stereocenters. The monoisotopic (exact) mass is 359 g/mol. The van der Waals surface area contributed by atoms with Gasteiger partial charge in [-0.1, -0.05) is 32.8 Å². The molecule has 1 amide bonds. The molecule has 2 fully saturated rings. The minimum Gasteiger partial charge on any atom is -0.454 e. The predicted octanol–water partition coefficient (Wildman–Crippen LogP) is 3.75. The van der Waals surface area contributed by atoms with Crippen LogP contribution in [0.5, 0.6) is 11.5 Å². The molecule has 5 heteroatoms. The van der Waals surface area contributed by atoms with Gasteiger partial charge in [-0.25, -0.2) is 0 Å². The van der Waals surface area contributed by atoms with Crippen molar-refractivity contribution in [2.45, 2.75) is 64.6 Å². The van der Waals surface area contributed by atoms with Crippen molar-refractivity contribution in [1.29, 1.82) is 0 Å². The Bertz CT molecular complexity index is 655. The third-order valence-electron chi connectivity index (χ3n) is 6.34. The Kier molecular flexibility index (Phi) is 5.07. The molecule has 3 aliphatic rings. The Morgan fingerprint density at radius 1 is 1.12 bits per heavy atom. The highest BCUT2D eigenvalue weighted by Gasteiger charge is 2.37. The molecule has 0 aromatic heterocycles. The van der Waals surface area contributed by atoms with Gasteiger partial charge in [-0.3, -0.25) is 4.79 Å². The SMILES string of the molecule is CC1CCCC(N(Cc2ccc3c(c2)OCO3)C(=O)C2CCCO2)C1C. The smallest absolute Gasteiger partial charge is 0.252 e. The van der Waals surface area contributed by atoms with E-state index in [2.05, 4.69) is 18.7 Å². The van der Waals surface area contributed by atoms with Crippen LogP contribution in [0, 0.1) is 11.8 Å². The second-order valence-corrected chi connectivity index (χ2v) is 7.99. The first kappa shape index (κ1) is 17.7. The molecule has 2 aliphatic heterocycles. The van der Waals surface area contributed by atoms with Gasteiger partial charge in [0.2, 0.25) is 6.79 Å². The lowest BCUT2D eigenvalue weighted by Gasteiger charge is -2.42. The van der Waals surface area contributed by atoms with Gasteiger partial charge in [0, 0.05) is 19.2 Å². The number of hydrogen-bond acceptors (Lipinski definition) is 4. The molecule has 0 N–H and O–H groups in total. The van der Waals surface area contributed by atoms with Crippen molar-refractivity contribution in [3.05, 3.63) is 23.8 Å². The van der Waals surface area contributed by atoms with Crippen molar-refractivity contribution in [3.63, 3.8) is 0 Å². The lowest BCUT2D eigenvalue weighted by molar-refractivity contribution is -0.146. The molecule has 2 heterocycles. The summed E-state index contributed by atoms with van der Waals surface area (Å²) in [6.07, 6.45) is 5.07. The number of ether oxygens (including phenoxy) is 3. The van der Waals surface area contributed by atoms with Crippen LogP contribution >= 0.6 is 0 Å². The third kappa shape index (κ3) is 3.41. The summed E-state index contributed by atoms with van der Waals surface area (Å²) in [4.78, 5) is 15.4. The van der Waals surface area contributed by atoms with Crippen LogP contribution in [0.4, 0.5) is 0 Å². The van der Waals surface area contributed by atoms with Crippen LogP contribution in [0.2, 0.25) is 0 Å². The van der Waals surface area contributed by atoms with Crippen molar-refractivity contribution in [3.8, 4) is 11.5 Å². The maximum Gasteiger partial charge on any atom is 0.252 e. The fourth-order valence-electron chi connectivity index (χ4n) is 4.55. The summed E-state index contributed by atoms with van der Waals surface area (Å²) in [5.41, 5.74) is 1.09. The highest BCUT2D eigenvalue weighted by molar-refractivity contribution is 5.81. The molecule has 0 radical (unpaired) electrons. The highest BCUT2D eigenvalue weighted by atomic mass is 16.7. The van der Waals surface area contributed by atoms with E-state index >= 15 is 0 Å². The maximum atomic E-state index is 13.3. The van der Waals surface area contributed by atoms with Gasteiger partial charge >= 0.3 is 0 Å². The number of rotatable bonds is 4. The first-order valence-electron chi connectivity index (χ1n) is 9.94. The largest absolute Gasteiger partial charge is 0.454 e. The minimum atomic E-state index is -0.270. The molecule has 5 nitrogen and oxygen atoms in total. The first-order chi connectivity index (χ1) is 12.6. The van der Waals surface area contributed by atoms with Gasteiger partial charge in [-0.2, -0.15) is 0 Å². The van der Waals surface area contributed by atoms with Crippen LogP contribution < -0.4 is 9.47 Å². The number of amides is 1. The molecule has 26 heavy (non-hydrogen) atoms. The Morgan fingerprint density at radius 2 is 1.96 bits per heavy atom. The van der Waals surface area contributed by atoms with Crippen molar-refractivity contribution >= 4 is 5.91 Å². The summed E-state index contributed by atoms with van der Waals surface area (Å²) >= 11 is 0. The minimum absolute atomic E-state index is 0.158. The normalized spacial score (nSPS) is 30.4. The summed E-state index contributed by atoms with van der Waals surface area (Å²) in [6.45, 7) is 6.19. The van der Waals surface area contributed by atoms with Crippen molar-refractivity contribution in [2.24, 2.45) is 11.8 Å². The van der Waals surface area contributed by atoms with Gasteiger partial charge in [0.05, 0.1) is 0 Å². The molecule has 4 rings (SSSR count). The fraction of sp³-hybridized carbons (Fsp3) is 0.667. The van der Waals surface area contributed by atoms with Gasteiger partial charge in [0.1, 0.15) is 6.10 Å². The summed E-state index contributed by atoms with van der Waals surface area (Å²) in [5.74, 6) is 2.86. The van der Waals surface area contributed by atoms with Gasteiger partial charge in [0.25, 0.3) is 5.91 Å². The summed E-state index contributed by atoms with van der Waals surface area (Å²) in [6, 6.07) is 6.27. The van der Waals surface area contributed by atoms with E-state index in [0.29, 0.717) is 25.0 Å². The molecular formula is C21H29NO4. The lowest BCUT2D eigenvalue weighted by atomic mass is 9.77. The zero-order valence-corrected chi connectivity index (χ0v) is 15.8. The second kappa shape index (κ2) is 7.47. The topological polar surface area (TPSA) is 48.0 Å². The lowest BCUT2D eigenvalue weighted by Crippen LogP contribution is -2.50. The van der Waals surface area contributed by atoms with Crippen LogP contribution in [0.3, 0.4) is 0 Å². The zero-order valence-electron chi connectivity index (χ0n) is 15.8. The van der Waals surface area contributed by atoms with Crippen LogP contribution in [0.1, 0.15) is 51.5 Å². The Balaban J connectivity index is 1.58. The Labute approximate surface area is 155 Å². The predicted molar refractivity (Wildman–Crippen MR) is 98.1 cm³/mol. The van der Waals surface area contributed by atoms with Crippen LogP contribution in [-0.2, 0) is 16.1 Å². The van der Waals surface area contributed by atoms with Gasteiger partial charge in [-0.05, 0) is 48.8 Å². The number of fused-ring (bicyclic) bond motifs is 1.